The molecule has 3 heteroatoms. The molecule has 2 aromatic rings. The molecule has 1 heterocycles. The van der Waals surface area contributed by atoms with E-state index in [2.05, 4.69) is 28.1 Å². The zero-order valence-corrected chi connectivity index (χ0v) is 10.5. The Balaban J connectivity index is 1.92. The highest BCUT2D eigenvalue weighted by Gasteiger charge is 2.07. The first-order valence-electron chi connectivity index (χ1n) is 5.26. The summed E-state index contributed by atoms with van der Waals surface area (Å²) in [5.74, 6) is 0.949. The first kappa shape index (κ1) is 11.4. The van der Waals surface area contributed by atoms with Crippen LogP contribution >= 0.6 is 15.9 Å². The van der Waals surface area contributed by atoms with Crippen molar-refractivity contribution in [3.05, 3.63) is 58.5 Å². The Bertz CT molecular complexity index is 422. The van der Waals surface area contributed by atoms with Crippen LogP contribution in [0.2, 0.25) is 0 Å². The van der Waals surface area contributed by atoms with Gasteiger partial charge in [0.1, 0.15) is 5.76 Å². The standard InChI is InChI=1S/C13H14BrNO/c14-11-5-3-10(4-6-11)8-12(15)9-13-2-1-7-16-13/h1-7,12H,8-9,15H2. The van der Waals surface area contributed by atoms with Crippen LogP contribution in [0.5, 0.6) is 0 Å². The molecule has 2 nitrogen and oxygen atoms in total. The molecule has 0 amide bonds. The fraction of sp³-hybridized carbons (Fsp3) is 0.231. The van der Waals surface area contributed by atoms with Crippen molar-refractivity contribution in [3.63, 3.8) is 0 Å². The Labute approximate surface area is 104 Å². The molecule has 16 heavy (non-hydrogen) atoms. The van der Waals surface area contributed by atoms with Gasteiger partial charge in [-0.2, -0.15) is 0 Å². The summed E-state index contributed by atoms with van der Waals surface area (Å²) in [6.07, 6.45) is 3.33. The molecule has 2 N–H and O–H groups in total. The average Bonchev–Trinajstić information content (AvgIpc) is 2.74. The zero-order valence-electron chi connectivity index (χ0n) is 8.90. The van der Waals surface area contributed by atoms with Gasteiger partial charge in [0.2, 0.25) is 0 Å². The Morgan fingerprint density at radius 3 is 2.50 bits per heavy atom. The van der Waals surface area contributed by atoms with E-state index in [0.29, 0.717) is 0 Å². The molecule has 0 spiro atoms. The normalized spacial score (nSPS) is 12.6. The molecule has 0 radical (unpaired) electrons. The van der Waals surface area contributed by atoms with Crippen LogP contribution in [0.1, 0.15) is 11.3 Å². The summed E-state index contributed by atoms with van der Waals surface area (Å²) in [6, 6.07) is 12.2. The average molecular weight is 280 g/mol. The first-order chi connectivity index (χ1) is 7.74. The second-order valence-electron chi connectivity index (χ2n) is 3.87. The summed E-state index contributed by atoms with van der Waals surface area (Å²) in [5, 5.41) is 0. The summed E-state index contributed by atoms with van der Waals surface area (Å²) in [4.78, 5) is 0. The largest absolute Gasteiger partial charge is 0.469 e. The second kappa shape index (κ2) is 5.32. The van der Waals surface area contributed by atoms with Crippen LogP contribution in [-0.4, -0.2) is 6.04 Å². The van der Waals surface area contributed by atoms with Crippen LogP contribution < -0.4 is 5.73 Å². The van der Waals surface area contributed by atoms with Gasteiger partial charge >= 0.3 is 0 Å². The fourth-order valence-corrected chi connectivity index (χ4v) is 1.95. The third-order valence-electron chi connectivity index (χ3n) is 2.45. The molecule has 0 saturated carbocycles. The highest BCUT2D eigenvalue weighted by atomic mass is 79.9. The van der Waals surface area contributed by atoms with Crippen LogP contribution in [0, 0.1) is 0 Å². The highest BCUT2D eigenvalue weighted by Crippen LogP contribution is 2.13. The van der Waals surface area contributed by atoms with Crippen molar-refractivity contribution >= 4 is 15.9 Å². The van der Waals surface area contributed by atoms with Crippen molar-refractivity contribution < 1.29 is 4.42 Å². The minimum absolute atomic E-state index is 0.104. The van der Waals surface area contributed by atoms with Crippen molar-refractivity contribution in [2.45, 2.75) is 18.9 Å². The fourth-order valence-electron chi connectivity index (χ4n) is 1.68. The van der Waals surface area contributed by atoms with E-state index in [-0.39, 0.29) is 6.04 Å². The summed E-state index contributed by atoms with van der Waals surface area (Å²) in [7, 11) is 0. The van der Waals surface area contributed by atoms with Crippen LogP contribution in [0.3, 0.4) is 0 Å². The van der Waals surface area contributed by atoms with Gasteiger partial charge in [0.25, 0.3) is 0 Å². The van der Waals surface area contributed by atoms with E-state index in [0.717, 1.165) is 23.1 Å². The SMILES string of the molecule is NC(Cc1ccc(Br)cc1)Cc1ccco1. The quantitative estimate of drug-likeness (QED) is 0.934. The van der Waals surface area contributed by atoms with Crippen LogP contribution in [-0.2, 0) is 12.8 Å². The number of nitrogens with two attached hydrogens (primary N) is 1. The van der Waals surface area contributed by atoms with Gasteiger partial charge in [-0.3, -0.25) is 0 Å². The van der Waals surface area contributed by atoms with E-state index in [4.69, 9.17) is 10.2 Å². The Morgan fingerprint density at radius 1 is 1.12 bits per heavy atom. The monoisotopic (exact) mass is 279 g/mol. The minimum atomic E-state index is 0.104. The summed E-state index contributed by atoms with van der Waals surface area (Å²) < 4.78 is 6.37. The maximum atomic E-state index is 6.06. The summed E-state index contributed by atoms with van der Waals surface area (Å²) in [5.41, 5.74) is 7.32. The smallest absolute Gasteiger partial charge is 0.105 e. The van der Waals surface area contributed by atoms with Crippen molar-refractivity contribution in [2.24, 2.45) is 5.73 Å². The van der Waals surface area contributed by atoms with Crippen molar-refractivity contribution in [1.29, 1.82) is 0 Å². The molecule has 1 atom stereocenters. The lowest BCUT2D eigenvalue weighted by atomic mass is 10.0. The molecule has 0 saturated heterocycles. The number of rotatable bonds is 4. The molecule has 0 fully saturated rings. The summed E-state index contributed by atoms with van der Waals surface area (Å²) >= 11 is 3.41. The minimum Gasteiger partial charge on any atom is -0.469 e. The lowest BCUT2D eigenvalue weighted by Gasteiger charge is -2.09. The Hall–Kier alpha value is -1.06. The van der Waals surface area contributed by atoms with Gasteiger partial charge in [0.15, 0.2) is 0 Å². The van der Waals surface area contributed by atoms with E-state index >= 15 is 0 Å². The Kier molecular flexibility index (Phi) is 3.80. The molecule has 1 unspecified atom stereocenters. The third kappa shape index (κ3) is 3.22. The number of furan rings is 1. The molecule has 84 valence electrons. The first-order valence-corrected chi connectivity index (χ1v) is 6.06. The third-order valence-corrected chi connectivity index (χ3v) is 2.98. The number of hydrogen-bond donors (Lipinski definition) is 1. The molecular weight excluding hydrogens is 266 g/mol. The molecular formula is C13H14BrNO. The Morgan fingerprint density at radius 2 is 1.88 bits per heavy atom. The number of halogens is 1. The van der Waals surface area contributed by atoms with E-state index in [1.54, 1.807) is 6.26 Å². The topological polar surface area (TPSA) is 39.2 Å². The number of benzene rings is 1. The molecule has 0 bridgehead atoms. The molecule has 0 aliphatic heterocycles. The molecule has 0 aliphatic carbocycles. The maximum Gasteiger partial charge on any atom is 0.105 e. The van der Waals surface area contributed by atoms with Crippen molar-refractivity contribution in [3.8, 4) is 0 Å². The van der Waals surface area contributed by atoms with Gasteiger partial charge < -0.3 is 10.2 Å². The maximum absolute atomic E-state index is 6.06. The van der Waals surface area contributed by atoms with Crippen LogP contribution in [0.25, 0.3) is 0 Å². The van der Waals surface area contributed by atoms with E-state index in [1.807, 2.05) is 24.3 Å². The van der Waals surface area contributed by atoms with Crippen LogP contribution in [0.15, 0.2) is 51.6 Å². The second-order valence-corrected chi connectivity index (χ2v) is 4.79. The lowest BCUT2D eigenvalue weighted by molar-refractivity contribution is 0.483. The van der Waals surface area contributed by atoms with Gasteiger partial charge in [-0.25, -0.2) is 0 Å². The van der Waals surface area contributed by atoms with Gasteiger partial charge in [-0.1, -0.05) is 28.1 Å². The van der Waals surface area contributed by atoms with Gasteiger partial charge in [0, 0.05) is 16.9 Å². The zero-order chi connectivity index (χ0) is 11.4. The summed E-state index contributed by atoms with van der Waals surface area (Å²) in [6.45, 7) is 0. The van der Waals surface area contributed by atoms with E-state index < -0.39 is 0 Å². The molecule has 0 aliphatic rings. The van der Waals surface area contributed by atoms with Gasteiger partial charge in [-0.05, 0) is 36.2 Å². The molecule has 1 aromatic heterocycles. The van der Waals surface area contributed by atoms with Gasteiger partial charge in [0.05, 0.1) is 6.26 Å². The molecule has 2 rings (SSSR count). The van der Waals surface area contributed by atoms with Crippen molar-refractivity contribution in [1.82, 2.24) is 0 Å². The van der Waals surface area contributed by atoms with Gasteiger partial charge in [-0.15, -0.1) is 0 Å². The molecule has 1 aromatic carbocycles. The van der Waals surface area contributed by atoms with Crippen LogP contribution in [0.4, 0.5) is 0 Å². The lowest BCUT2D eigenvalue weighted by Crippen LogP contribution is -2.25. The highest BCUT2D eigenvalue weighted by molar-refractivity contribution is 9.10. The van der Waals surface area contributed by atoms with E-state index in [1.165, 1.54) is 5.56 Å². The predicted molar refractivity (Wildman–Crippen MR) is 68.2 cm³/mol. The van der Waals surface area contributed by atoms with E-state index in [9.17, 15) is 0 Å². The predicted octanol–water partition coefficient (Wildman–Crippen LogP) is 3.15. The number of hydrogen-bond acceptors (Lipinski definition) is 2. The van der Waals surface area contributed by atoms with Crippen molar-refractivity contribution in [2.75, 3.05) is 0 Å².